The van der Waals surface area contributed by atoms with Gasteiger partial charge in [0.2, 0.25) is 0 Å². The standard InChI is InChI=1S/C24H25ClFN5O/c1-15(2)23(16-3-5-17(26)6-4-16)31-11-9-30(10-12-31)14-19-18(13-27)24(32)28-20-7-8-21(25)29-22(19)20/h3-8,15,23H,9-12,14H2,1-2H3,(H,28,32). The highest BCUT2D eigenvalue weighted by molar-refractivity contribution is 6.29. The maximum atomic E-state index is 13.4. The molecule has 0 spiro atoms. The van der Waals surface area contributed by atoms with E-state index in [9.17, 15) is 14.4 Å². The molecule has 8 heteroatoms. The summed E-state index contributed by atoms with van der Waals surface area (Å²) >= 11 is 6.09. The summed E-state index contributed by atoms with van der Waals surface area (Å²) in [5, 5.41) is 9.91. The lowest BCUT2D eigenvalue weighted by molar-refractivity contribution is 0.0724. The molecule has 0 saturated carbocycles. The number of halogens is 2. The number of hydrogen-bond donors (Lipinski definition) is 1. The lowest BCUT2D eigenvalue weighted by Crippen LogP contribution is -2.48. The molecule has 1 unspecified atom stereocenters. The van der Waals surface area contributed by atoms with Crippen LogP contribution >= 0.6 is 11.6 Å². The van der Waals surface area contributed by atoms with Crippen molar-refractivity contribution in [1.29, 1.82) is 5.26 Å². The highest BCUT2D eigenvalue weighted by atomic mass is 35.5. The van der Waals surface area contributed by atoms with Crippen LogP contribution in [0.4, 0.5) is 4.39 Å². The summed E-state index contributed by atoms with van der Waals surface area (Å²) in [6.07, 6.45) is 0. The van der Waals surface area contributed by atoms with Gasteiger partial charge in [0.25, 0.3) is 5.56 Å². The smallest absolute Gasteiger partial charge is 0.266 e. The maximum Gasteiger partial charge on any atom is 0.266 e. The van der Waals surface area contributed by atoms with Gasteiger partial charge in [0.05, 0.1) is 11.0 Å². The largest absolute Gasteiger partial charge is 0.319 e. The number of pyridine rings is 2. The summed E-state index contributed by atoms with van der Waals surface area (Å²) in [4.78, 5) is 24.2. The molecule has 2 aromatic heterocycles. The fraction of sp³-hybridized carbons (Fsp3) is 0.375. The Labute approximate surface area is 191 Å². The Morgan fingerprint density at radius 2 is 1.84 bits per heavy atom. The minimum atomic E-state index is -0.408. The van der Waals surface area contributed by atoms with Gasteiger partial charge in [-0.2, -0.15) is 5.26 Å². The van der Waals surface area contributed by atoms with E-state index >= 15 is 0 Å². The third-order valence-corrected chi connectivity index (χ3v) is 6.27. The van der Waals surface area contributed by atoms with Gasteiger partial charge >= 0.3 is 0 Å². The number of aromatic amines is 1. The average molecular weight is 454 g/mol. The summed E-state index contributed by atoms with van der Waals surface area (Å²) in [6, 6.07) is 12.3. The summed E-state index contributed by atoms with van der Waals surface area (Å²) < 4.78 is 13.4. The minimum Gasteiger partial charge on any atom is -0.319 e. The number of H-pyrrole nitrogens is 1. The van der Waals surface area contributed by atoms with Crippen molar-refractivity contribution in [3.8, 4) is 6.07 Å². The number of nitriles is 1. The van der Waals surface area contributed by atoms with E-state index in [1.807, 2.05) is 18.2 Å². The van der Waals surface area contributed by atoms with Crippen molar-refractivity contribution in [2.24, 2.45) is 5.92 Å². The highest BCUT2D eigenvalue weighted by Crippen LogP contribution is 2.30. The van der Waals surface area contributed by atoms with Gasteiger partial charge in [0.1, 0.15) is 22.6 Å². The van der Waals surface area contributed by atoms with Crippen molar-refractivity contribution < 1.29 is 4.39 Å². The van der Waals surface area contributed by atoms with Crippen LogP contribution in [0.1, 0.15) is 36.6 Å². The van der Waals surface area contributed by atoms with Crippen LogP contribution in [0.2, 0.25) is 5.15 Å². The topological polar surface area (TPSA) is 76.0 Å². The quantitative estimate of drug-likeness (QED) is 0.588. The van der Waals surface area contributed by atoms with Gasteiger partial charge in [-0.25, -0.2) is 9.37 Å². The molecule has 3 aromatic rings. The number of piperazine rings is 1. The fourth-order valence-corrected chi connectivity index (χ4v) is 4.73. The zero-order chi connectivity index (χ0) is 22.8. The van der Waals surface area contributed by atoms with Crippen molar-refractivity contribution in [2.45, 2.75) is 26.4 Å². The van der Waals surface area contributed by atoms with Crippen LogP contribution in [-0.4, -0.2) is 45.9 Å². The van der Waals surface area contributed by atoms with Gasteiger partial charge in [-0.05, 0) is 35.7 Å². The van der Waals surface area contributed by atoms with E-state index < -0.39 is 5.56 Å². The molecule has 6 nitrogen and oxygen atoms in total. The molecule has 1 atom stereocenters. The summed E-state index contributed by atoms with van der Waals surface area (Å²) in [7, 11) is 0. The monoisotopic (exact) mass is 453 g/mol. The number of nitrogens with one attached hydrogen (secondary N) is 1. The van der Waals surface area contributed by atoms with E-state index in [0.717, 1.165) is 31.7 Å². The first kappa shape index (κ1) is 22.4. The summed E-state index contributed by atoms with van der Waals surface area (Å²) in [5.41, 5.74) is 2.53. The zero-order valence-corrected chi connectivity index (χ0v) is 18.9. The van der Waals surface area contributed by atoms with E-state index in [-0.39, 0.29) is 17.4 Å². The molecule has 0 amide bonds. The Bertz CT molecular complexity index is 1210. The Hall–Kier alpha value is -2.79. The molecule has 32 heavy (non-hydrogen) atoms. The Morgan fingerprint density at radius 1 is 1.16 bits per heavy atom. The van der Waals surface area contributed by atoms with Crippen LogP contribution in [0.25, 0.3) is 11.0 Å². The molecule has 3 heterocycles. The van der Waals surface area contributed by atoms with Crippen LogP contribution in [0.5, 0.6) is 0 Å². The van der Waals surface area contributed by atoms with E-state index in [4.69, 9.17) is 11.6 Å². The van der Waals surface area contributed by atoms with Crippen molar-refractivity contribution in [2.75, 3.05) is 26.2 Å². The third kappa shape index (κ3) is 4.53. The minimum absolute atomic E-state index is 0.0843. The summed E-state index contributed by atoms with van der Waals surface area (Å²) in [6.45, 7) is 8.03. The van der Waals surface area contributed by atoms with E-state index in [1.165, 1.54) is 12.1 Å². The SMILES string of the molecule is CC(C)C(c1ccc(F)cc1)N1CCN(Cc2c(C#N)c(=O)[nH]c3ccc(Cl)nc23)CC1. The number of aromatic nitrogens is 2. The normalized spacial score (nSPS) is 16.4. The number of benzene rings is 1. The molecule has 1 aromatic carbocycles. The van der Waals surface area contributed by atoms with Crippen LogP contribution in [0.15, 0.2) is 41.2 Å². The van der Waals surface area contributed by atoms with Gasteiger partial charge in [-0.1, -0.05) is 37.6 Å². The number of nitrogens with zero attached hydrogens (tertiary/aromatic N) is 4. The van der Waals surface area contributed by atoms with Crippen LogP contribution < -0.4 is 5.56 Å². The predicted molar refractivity (Wildman–Crippen MR) is 123 cm³/mol. The molecule has 166 valence electrons. The second-order valence-corrected chi connectivity index (χ2v) is 8.89. The van der Waals surface area contributed by atoms with Crippen LogP contribution in [0.3, 0.4) is 0 Å². The van der Waals surface area contributed by atoms with E-state index in [1.54, 1.807) is 12.1 Å². The van der Waals surface area contributed by atoms with Crippen LogP contribution in [-0.2, 0) is 6.54 Å². The second kappa shape index (κ2) is 9.37. The Morgan fingerprint density at radius 3 is 2.47 bits per heavy atom. The van der Waals surface area contributed by atoms with E-state index in [2.05, 4.69) is 33.6 Å². The first-order chi connectivity index (χ1) is 15.4. The highest BCUT2D eigenvalue weighted by Gasteiger charge is 2.28. The lowest BCUT2D eigenvalue weighted by atomic mass is 9.93. The second-order valence-electron chi connectivity index (χ2n) is 8.50. The molecule has 0 bridgehead atoms. The molecule has 0 aliphatic carbocycles. The van der Waals surface area contributed by atoms with E-state index in [0.29, 0.717) is 34.2 Å². The Kier molecular flexibility index (Phi) is 6.56. The average Bonchev–Trinajstić information content (AvgIpc) is 2.77. The molecular weight excluding hydrogens is 429 g/mol. The number of fused-ring (bicyclic) bond motifs is 1. The number of rotatable bonds is 5. The molecule has 4 rings (SSSR count). The molecule has 1 fully saturated rings. The predicted octanol–water partition coefficient (Wildman–Crippen LogP) is 4.10. The molecule has 1 N–H and O–H groups in total. The third-order valence-electron chi connectivity index (χ3n) is 6.06. The maximum absolute atomic E-state index is 13.4. The van der Waals surface area contributed by atoms with Crippen molar-refractivity contribution in [1.82, 2.24) is 19.8 Å². The van der Waals surface area contributed by atoms with Crippen molar-refractivity contribution in [3.63, 3.8) is 0 Å². The van der Waals surface area contributed by atoms with Crippen molar-refractivity contribution in [3.05, 3.63) is 74.4 Å². The van der Waals surface area contributed by atoms with Gasteiger partial charge in [0, 0.05) is 44.3 Å². The van der Waals surface area contributed by atoms with Gasteiger partial charge in [0.15, 0.2) is 0 Å². The van der Waals surface area contributed by atoms with Gasteiger partial charge < -0.3 is 4.98 Å². The zero-order valence-electron chi connectivity index (χ0n) is 18.1. The molecule has 0 radical (unpaired) electrons. The van der Waals surface area contributed by atoms with Gasteiger partial charge in [-0.3, -0.25) is 14.6 Å². The Balaban J connectivity index is 1.55. The van der Waals surface area contributed by atoms with Crippen LogP contribution in [0, 0.1) is 23.1 Å². The van der Waals surface area contributed by atoms with Gasteiger partial charge in [-0.15, -0.1) is 0 Å². The molecule has 1 aliphatic heterocycles. The first-order valence-corrected chi connectivity index (χ1v) is 11.1. The first-order valence-electron chi connectivity index (χ1n) is 10.7. The fourth-order valence-electron chi connectivity index (χ4n) is 4.58. The summed E-state index contributed by atoms with van der Waals surface area (Å²) in [5.74, 6) is 0.147. The molecule has 1 aliphatic rings. The lowest BCUT2D eigenvalue weighted by Gasteiger charge is -2.41. The van der Waals surface area contributed by atoms with Crippen molar-refractivity contribution >= 4 is 22.6 Å². The number of hydrogen-bond acceptors (Lipinski definition) is 5. The molecule has 1 saturated heterocycles. The molecular formula is C24H25ClFN5O.